The highest BCUT2D eigenvalue weighted by Gasteiger charge is 2.35. The molecular weight excluding hydrogens is 226 g/mol. The van der Waals surface area contributed by atoms with Crippen LogP contribution >= 0.6 is 0 Å². The van der Waals surface area contributed by atoms with Gasteiger partial charge in [-0.05, 0) is 0 Å². The second-order valence-corrected chi connectivity index (χ2v) is 3.75. The van der Waals surface area contributed by atoms with Crippen molar-refractivity contribution >= 4 is 29.5 Å². The molecule has 0 radical (unpaired) electrons. The van der Waals surface area contributed by atoms with Gasteiger partial charge in [-0.1, -0.05) is 0 Å². The first-order chi connectivity index (χ1) is 7.97. The summed E-state index contributed by atoms with van der Waals surface area (Å²) in [6, 6.07) is 1.39. The Kier molecular flexibility index (Phi) is 2.54. The van der Waals surface area contributed by atoms with E-state index in [-0.39, 0.29) is 36.5 Å². The van der Waals surface area contributed by atoms with Gasteiger partial charge in [-0.3, -0.25) is 14.5 Å². The molecule has 90 valence electrons. The molecule has 1 aromatic heterocycles. The summed E-state index contributed by atoms with van der Waals surface area (Å²) in [5.41, 5.74) is 10.9. The highest BCUT2D eigenvalue weighted by atomic mass is 16.4. The number of aromatic nitrogens is 2. The normalized spacial score (nSPS) is 19.6. The summed E-state index contributed by atoms with van der Waals surface area (Å²) in [5, 5.41) is 8.84. The maximum atomic E-state index is 11.6. The Bertz CT molecular complexity index is 469. The zero-order chi connectivity index (χ0) is 12.6. The lowest BCUT2D eigenvalue weighted by molar-refractivity contribution is -0.141. The molecule has 0 bridgehead atoms. The molecule has 1 fully saturated rings. The monoisotopic (exact) mass is 237 g/mol. The van der Waals surface area contributed by atoms with Crippen LogP contribution in [0.25, 0.3) is 0 Å². The van der Waals surface area contributed by atoms with Crippen LogP contribution in [-0.2, 0) is 9.59 Å². The van der Waals surface area contributed by atoms with E-state index in [1.807, 2.05) is 0 Å². The third-order valence-electron chi connectivity index (χ3n) is 2.50. The summed E-state index contributed by atoms with van der Waals surface area (Å²) in [6.45, 7) is 0.0735. The molecule has 1 saturated heterocycles. The van der Waals surface area contributed by atoms with Gasteiger partial charge in [-0.25, -0.2) is 0 Å². The van der Waals surface area contributed by atoms with Crippen molar-refractivity contribution < 1.29 is 14.7 Å². The first kappa shape index (κ1) is 11.1. The number of nitrogens with zero attached hydrogens (tertiary/aromatic N) is 3. The molecule has 2 rings (SSSR count). The van der Waals surface area contributed by atoms with E-state index in [0.29, 0.717) is 0 Å². The standard InChI is InChI=1S/C9H11N5O3/c10-5-2-6(13-9(11)12-5)14-3-4(8(16)17)1-7(14)15/h2,4H,1,3H2,(H,16,17)(H4,10,11,12,13). The molecule has 1 unspecified atom stereocenters. The van der Waals surface area contributed by atoms with Gasteiger partial charge < -0.3 is 16.6 Å². The fraction of sp³-hybridized carbons (Fsp3) is 0.333. The maximum absolute atomic E-state index is 11.6. The smallest absolute Gasteiger partial charge is 0.308 e. The molecule has 1 aromatic rings. The molecule has 8 heteroatoms. The topological polar surface area (TPSA) is 135 Å². The summed E-state index contributed by atoms with van der Waals surface area (Å²) >= 11 is 0. The fourth-order valence-corrected chi connectivity index (χ4v) is 1.70. The number of aliphatic carboxylic acids is 1. The van der Waals surface area contributed by atoms with E-state index >= 15 is 0 Å². The van der Waals surface area contributed by atoms with E-state index in [1.54, 1.807) is 0 Å². The second-order valence-electron chi connectivity index (χ2n) is 3.75. The van der Waals surface area contributed by atoms with Gasteiger partial charge in [0.25, 0.3) is 0 Å². The van der Waals surface area contributed by atoms with Crippen LogP contribution in [-0.4, -0.2) is 33.5 Å². The Morgan fingerprint density at radius 1 is 1.47 bits per heavy atom. The van der Waals surface area contributed by atoms with Crippen molar-refractivity contribution in [1.82, 2.24) is 9.97 Å². The first-order valence-electron chi connectivity index (χ1n) is 4.90. The number of amides is 1. The summed E-state index contributed by atoms with van der Waals surface area (Å²) in [4.78, 5) is 31.2. The third-order valence-corrected chi connectivity index (χ3v) is 2.50. The fourth-order valence-electron chi connectivity index (χ4n) is 1.70. The predicted molar refractivity (Wildman–Crippen MR) is 59.0 cm³/mol. The number of rotatable bonds is 2. The molecule has 2 heterocycles. The van der Waals surface area contributed by atoms with Gasteiger partial charge in [0.05, 0.1) is 5.92 Å². The maximum Gasteiger partial charge on any atom is 0.308 e. The lowest BCUT2D eigenvalue weighted by Gasteiger charge is -2.15. The zero-order valence-corrected chi connectivity index (χ0v) is 8.83. The Hall–Kier alpha value is -2.38. The largest absolute Gasteiger partial charge is 0.481 e. The number of anilines is 3. The van der Waals surface area contributed by atoms with Crippen molar-refractivity contribution in [2.75, 3.05) is 22.9 Å². The van der Waals surface area contributed by atoms with Crippen molar-refractivity contribution in [2.45, 2.75) is 6.42 Å². The number of carboxylic acid groups (broad SMARTS) is 1. The van der Waals surface area contributed by atoms with E-state index < -0.39 is 11.9 Å². The molecule has 17 heavy (non-hydrogen) atoms. The van der Waals surface area contributed by atoms with Gasteiger partial charge in [-0.2, -0.15) is 9.97 Å². The minimum Gasteiger partial charge on any atom is -0.481 e. The van der Waals surface area contributed by atoms with Gasteiger partial charge in [0.2, 0.25) is 11.9 Å². The van der Waals surface area contributed by atoms with E-state index in [1.165, 1.54) is 11.0 Å². The molecule has 1 atom stereocenters. The lowest BCUT2D eigenvalue weighted by Crippen LogP contribution is -2.27. The van der Waals surface area contributed by atoms with Crippen LogP contribution in [0, 0.1) is 5.92 Å². The van der Waals surface area contributed by atoms with Crippen LogP contribution in [0.1, 0.15) is 6.42 Å². The van der Waals surface area contributed by atoms with Crippen LogP contribution in [0.5, 0.6) is 0 Å². The zero-order valence-electron chi connectivity index (χ0n) is 8.83. The summed E-state index contributed by atoms with van der Waals surface area (Å²) in [7, 11) is 0. The Morgan fingerprint density at radius 3 is 2.71 bits per heavy atom. The van der Waals surface area contributed by atoms with Gasteiger partial charge in [0.1, 0.15) is 11.6 Å². The lowest BCUT2D eigenvalue weighted by atomic mass is 10.1. The first-order valence-corrected chi connectivity index (χ1v) is 4.90. The number of carboxylic acids is 1. The molecule has 0 spiro atoms. The molecule has 0 aromatic carbocycles. The minimum absolute atomic E-state index is 0.0425. The quantitative estimate of drug-likeness (QED) is 0.605. The SMILES string of the molecule is Nc1cc(N2CC(C(=O)O)CC2=O)nc(N)n1. The van der Waals surface area contributed by atoms with Crippen LogP contribution in [0.2, 0.25) is 0 Å². The summed E-state index contributed by atoms with van der Waals surface area (Å²) < 4.78 is 0. The van der Waals surface area contributed by atoms with E-state index in [9.17, 15) is 9.59 Å². The summed E-state index contributed by atoms with van der Waals surface area (Å²) in [5.74, 6) is -1.71. The van der Waals surface area contributed by atoms with E-state index in [0.717, 1.165) is 0 Å². The molecule has 0 aliphatic carbocycles. The van der Waals surface area contributed by atoms with Crippen LogP contribution in [0.4, 0.5) is 17.6 Å². The molecule has 1 aliphatic heterocycles. The van der Waals surface area contributed by atoms with Gasteiger partial charge in [0.15, 0.2) is 0 Å². The van der Waals surface area contributed by atoms with Gasteiger partial charge >= 0.3 is 5.97 Å². The highest BCUT2D eigenvalue weighted by molar-refractivity contribution is 5.98. The van der Waals surface area contributed by atoms with Crippen molar-refractivity contribution in [1.29, 1.82) is 0 Å². The number of nitrogen functional groups attached to an aromatic ring is 2. The van der Waals surface area contributed by atoms with Crippen LogP contribution < -0.4 is 16.4 Å². The number of carbonyl (C=O) groups is 2. The minimum atomic E-state index is -1.00. The van der Waals surface area contributed by atoms with Crippen LogP contribution in [0.3, 0.4) is 0 Å². The second kappa shape index (κ2) is 3.89. The Balaban J connectivity index is 2.28. The molecule has 5 N–H and O–H groups in total. The number of hydrogen-bond acceptors (Lipinski definition) is 6. The van der Waals surface area contributed by atoms with E-state index in [2.05, 4.69) is 9.97 Å². The molecular formula is C9H11N5O3. The molecule has 0 saturated carbocycles. The van der Waals surface area contributed by atoms with Crippen molar-refractivity contribution in [3.05, 3.63) is 6.07 Å². The predicted octanol–water partition coefficient (Wildman–Crippen LogP) is -0.921. The molecule has 8 nitrogen and oxygen atoms in total. The highest BCUT2D eigenvalue weighted by Crippen LogP contribution is 2.24. The van der Waals surface area contributed by atoms with Gasteiger partial charge in [-0.15, -0.1) is 0 Å². The number of nitrogens with two attached hydrogens (primary N) is 2. The van der Waals surface area contributed by atoms with Crippen molar-refractivity contribution in [2.24, 2.45) is 5.92 Å². The van der Waals surface area contributed by atoms with Crippen molar-refractivity contribution in [3.63, 3.8) is 0 Å². The number of hydrogen-bond donors (Lipinski definition) is 3. The molecule has 1 aliphatic rings. The molecule has 1 amide bonds. The third kappa shape index (κ3) is 2.10. The van der Waals surface area contributed by atoms with E-state index in [4.69, 9.17) is 16.6 Å². The van der Waals surface area contributed by atoms with Crippen LogP contribution in [0.15, 0.2) is 6.07 Å². The Labute approximate surface area is 96.2 Å². The van der Waals surface area contributed by atoms with Crippen molar-refractivity contribution in [3.8, 4) is 0 Å². The number of carbonyl (C=O) groups excluding carboxylic acids is 1. The average molecular weight is 237 g/mol. The summed E-state index contributed by atoms with van der Waals surface area (Å²) in [6.07, 6.45) is -0.0425. The Morgan fingerprint density at radius 2 is 2.18 bits per heavy atom. The average Bonchev–Trinajstić information content (AvgIpc) is 2.59. The van der Waals surface area contributed by atoms with Gasteiger partial charge in [0, 0.05) is 19.0 Å².